The van der Waals surface area contributed by atoms with Crippen LogP contribution >= 0.6 is 11.6 Å². The molecular weight excluding hydrogens is 444 g/mol. The largest absolute Gasteiger partial charge is 0.379 e. The lowest BCUT2D eigenvalue weighted by Crippen LogP contribution is -2.50. The maximum Gasteiger partial charge on any atom is 0.184 e. The summed E-state index contributed by atoms with van der Waals surface area (Å²) in [5.74, 6) is -1.71. The van der Waals surface area contributed by atoms with Crippen molar-refractivity contribution in [1.82, 2.24) is 4.90 Å². The predicted molar refractivity (Wildman–Crippen MR) is 117 cm³/mol. The van der Waals surface area contributed by atoms with E-state index in [0.717, 1.165) is 31.8 Å². The highest BCUT2D eigenvalue weighted by molar-refractivity contribution is 7.92. The minimum absolute atomic E-state index is 0.117. The lowest BCUT2D eigenvalue weighted by Gasteiger charge is -2.45. The summed E-state index contributed by atoms with van der Waals surface area (Å²) in [4.78, 5) is 2.46. The summed E-state index contributed by atoms with van der Waals surface area (Å²) in [6.07, 6.45) is 3.92. The molecule has 1 saturated carbocycles. The van der Waals surface area contributed by atoms with E-state index in [-0.39, 0.29) is 11.3 Å². The average Bonchev–Trinajstić information content (AvgIpc) is 2.77. The van der Waals surface area contributed by atoms with Crippen LogP contribution in [0.1, 0.15) is 32.1 Å². The minimum atomic E-state index is -3.92. The summed E-state index contributed by atoms with van der Waals surface area (Å²) in [6, 6.07) is 5.99. The standard InChI is InChI=1S/C23H28ClF2NO3S/c24-18-1-4-20(5-2-18)31(28,29)23(21-15-19(25)3-6-22(21)26)9-7-17(8-10-23)16-27-11-13-30-14-12-27/h1-6,17,21H,7-16H2. The maximum atomic E-state index is 15.0. The van der Waals surface area contributed by atoms with Crippen molar-refractivity contribution in [2.45, 2.75) is 41.7 Å². The lowest BCUT2D eigenvalue weighted by molar-refractivity contribution is 0.0260. The van der Waals surface area contributed by atoms with Crippen LogP contribution in [0.4, 0.5) is 8.78 Å². The molecule has 0 bridgehead atoms. The molecule has 31 heavy (non-hydrogen) atoms. The van der Waals surface area contributed by atoms with Crippen LogP contribution in [-0.2, 0) is 14.6 Å². The van der Waals surface area contributed by atoms with E-state index < -0.39 is 32.2 Å². The van der Waals surface area contributed by atoms with Crippen molar-refractivity contribution in [3.05, 3.63) is 53.1 Å². The molecule has 0 N–H and O–H groups in total. The Labute approximate surface area is 187 Å². The lowest BCUT2D eigenvalue weighted by atomic mass is 9.72. The van der Waals surface area contributed by atoms with E-state index in [4.69, 9.17) is 16.3 Å². The maximum absolute atomic E-state index is 15.0. The second-order valence-corrected chi connectivity index (χ2v) is 11.5. The molecule has 170 valence electrons. The molecule has 0 aromatic heterocycles. The third kappa shape index (κ3) is 4.61. The van der Waals surface area contributed by atoms with Crippen molar-refractivity contribution in [3.63, 3.8) is 0 Å². The van der Waals surface area contributed by atoms with Gasteiger partial charge in [-0.1, -0.05) is 11.6 Å². The van der Waals surface area contributed by atoms with Gasteiger partial charge in [-0.3, -0.25) is 4.90 Å². The Morgan fingerprint density at radius 3 is 2.35 bits per heavy atom. The first-order valence-electron chi connectivity index (χ1n) is 10.8. The normalized spacial score (nSPS) is 30.5. The number of halogens is 3. The number of benzene rings is 1. The molecule has 1 saturated heterocycles. The second kappa shape index (κ2) is 9.30. The van der Waals surface area contributed by atoms with Crippen molar-refractivity contribution in [1.29, 1.82) is 0 Å². The van der Waals surface area contributed by atoms with Crippen LogP contribution in [0, 0.1) is 11.8 Å². The molecular formula is C23H28ClF2NO3S. The van der Waals surface area contributed by atoms with E-state index in [9.17, 15) is 17.2 Å². The molecule has 2 aliphatic carbocycles. The van der Waals surface area contributed by atoms with Gasteiger partial charge in [0.2, 0.25) is 0 Å². The SMILES string of the molecule is O=S(=O)(c1ccc(Cl)cc1)C1(C2CC(F)=CC=C2F)CCC(CN2CCOCC2)CC1. The van der Waals surface area contributed by atoms with Gasteiger partial charge < -0.3 is 4.74 Å². The van der Waals surface area contributed by atoms with Crippen molar-refractivity contribution in [2.75, 3.05) is 32.8 Å². The summed E-state index contributed by atoms with van der Waals surface area (Å²) in [5, 5.41) is 0.430. The topological polar surface area (TPSA) is 46.6 Å². The highest BCUT2D eigenvalue weighted by Crippen LogP contribution is 2.51. The summed E-state index contributed by atoms with van der Waals surface area (Å²) >= 11 is 5.95. The molecule has 1 heterocycles. The van der Waals surface area contributed by atoms with E-state index in [2.05, 4.69) is 4.90 Å². The van der Waals surface area contributed by atoms with Gasteiger partial charge in [0.1, 0.15) is 11.7 Å². The molecule has 3 aliphatic rings. The highest BCUT2D eigenvalue weighted by Gasteiger charge is 2.54. The minimum Gasteiger partial charge on any atom is -0.379 e. The Hall–Kier alpha value is -1.28. The predicted octanol–water partition coefficient (Wildman–Crippen LogP) is 5.10. The monoisotopic (exact) mass is 471 g/mol. The molecule has 8 heteroatoms. The quantitative estimate of drug-likeness (QED) is 0.599. The van der Waals surface area contributed by atoms with Gasteiger partial charge in [0.05, 0.1) is 22.9 Å². The zero-order valence-corrected chi connectivity index (χ0v) is 19.0. The van der Waals surface area contributed by atoms with Crippen LogP contribution in [0.5, 0.6) is 0 Å². The van der Waals surface area contributed by atoms with Gasteiger partial charge in [-0.25, -0.2) is 17.2 Å². The van der Waals surface area contributed by atoms with Crippen LogP contribution in [-0.4, -0.2) is 50.9 Å². The van der Waals surface area contributed by atoms with Crippen molar-refractivity contribution in [2.24, 2.45) is 11.8 Å². The second-order valence-electron chi connectivity index (χ2n) is 8.80. The summed E-state index contributed by atoms with van der Waals surface area (Å²) < 4.78 is 60.9. The molecule has 1 aliphatic heterocycles. The van der Waals surface area contributed by atoms with Crippen LogP contribution in [0.15, 0.2) is 53.0 Å². The first-order valence-corrected chi connectivity index (χ1v) is 12.7. The van der Waals surface area contributed by atoms with Gasteiger partial charge in [-0.2, -0.15) is 0 Å². The molecule has 4 nitrogen and oxygen atoms in total. The van der Waals surface area contributed by atoms with Gasteiger partial charge in [-0.05, 0) is 68.0 Å². The number of ether oxygens (including phenoxy) is 1. The fourth-order valence-corrected chi connectivity index (χ4v) is 7.67. The third-order valence-electron chi connectivity index (χ3n) is 7.02. The van der Waals surface area contributed by atoms with Crippen LogP contribution in [0.25, 0.3) is 0 Å². The first kappa shape index (κ1) is 22.9. The molecule has 1 atom stereocenters. The van der Waals surface area contributed by atoms with Gasteiger partial charge in [0, 0.05) is 37.0 Å². The number of hydrogen-bond donors (Lipinski definition) is 0. The van der Waals surface area contributed by atoms with Gasteiger partial charge >= 0.3 is 0 Å². The number of rotatable bonds is 5. The van der Waals surface area contributed by atoms with Gasteiger partial charge in [0.25, 0.3) is 0 Å². The Bertz CT molecular complexity index is 948. The van der Waals surface area contributed by atoms with Crippen molar-refractivity contribution < 1.29 is 21.9 Å². The number of allylic oxidation sites excluding steroid dienone is 4. The molecule has 4 rings (SSSR count). The van der Waals surface area contributed by atoms with Crippen molar-refractivity contribution in [3.8, 4) is 0 Å². The van der Waals surface area contributed by atoms with Crippen LogP contribution in [0.3, 0.4) is 0 Å². The van der Waals surface area contributed by atoms with Crippen LogP contribution in [0.2, 0.25) is 5.02 Å². The van der Waals surface area contributed by atoms with Crippen LogP contribution < -0.4 is 0 Å². The zero-order chi connectivity index (χ0) is 22.1. The van der Waals surface area contributed by atoms with Gasteiger partial charge in [0.15, 0.2) is 9.84 Å². The van der Waals surface area contributed by atoms with Crippen molar-refractivity contribution >= 4 is 21.4 Å². The Morgan fingerprint density at radius 2 is 1.71 bits per heavy atom. The van der Waals surface area contributed by atoms with E-state index in [1.165, 1.54) is 24.3 Å². The smallest absolute Gasteiger partial charge is 0.184 e. The summed E-state index contributed by atoms with van der Waals surface area (Å²) in [5.41, 5.74) is 0. The van der Waals surface area contributed by atoms with Gasteiger partial charge in [-0.15, -0.1) is 0 Å². The molecule has 1 aromatic rings. The Kier molecular flexibility index (Phi) is 6.87. The molecule has 1 aromatic carbocycles. The summed E-state index contributed by atoms with van der Waals surface area (Å²) in [6.45, 7) is 4.07. The van der Waals surface area contributed by atoms with E-state index in [0.29, 0.717) is 49.8 Å². The Morgan fingerprint density at radius 1 is 1.06 bits per heavy atom. The van der Waals surface area contributed by atoms with E-state index in [1.54, 1.807) is 0 Å². The molecule has 0 spiro atoms. The molecule has 2 fully saturated rings. The highest BCUT2D eigenvalue weighted by atomic mass is 35.5. The molecule has 0 amide bonds. The first-order chi connectivity index (χ1) is 14.8. The number of sulfone groups is 1. The average molecular weight is 472 g/mol. The molecule has 1 unspecified atom stereocenters. The number of morpholine rings is 1. The Balaban J connectivity index is 1.62. The number of nitrogens with zero attached hydrogens (tertiary/aromatic N) is 1. The molecule has 0 radical (unpaired) electrons. The summed E-state index contributed by atoms with van der Waals surface area (Å²) in [7, 11) is -3.92. The fourth-order valence-electron chi connectivity index (χ4n) is 5.23. The fraction of sp³-hybridized carbons (Fsp3) is 0.565. The van der Waals surface area contributed by atoms with E-state index in [1.807, 2.05) is 0 Å². The zero-order valence-electron chi connectivity index (χ0n) is 17.4. The number of hydrogen-bond acceptors (Lipinski definition) is 4. The third-order valence-corrected chi connectivity index (χ3v) is 9.93. The van der Waals surface area contributed by atoms with E-state index >= 15 is 0 Å².